The molecule has 3 aromatic carbocycles. The second-order valence-corrected chi connectivity index (χ2v) is 16.2. The smallest absolute Gasteiger partial charge is 0.164 e. The third-order valence-electron chi connectivity index (χ3n) is 11.1. The van der Waals surface area contributed by atoms with Gasteiger partial charge in [-0.05, 0) is 55.2 Å². The number of allylic oxidation sites excluding steroid dienone is 2. The van der Waals surface area contributed by atoms with Crippen LogP contribution in [0, 0.1) is 22.8 Å². The Bertz CT molecular complexity index is 2200. The van der Waals surface area contributed by atoms with Crippen molar-refractivity contribution in [1.29, 1.82) is 0 Å². The van der Waals surface area contributed by atoms with Crippen LogP contribution in [-0.4, -0.2) is 15.9 Å². The molecule has 3 heterocycles. The van der Waals surface area contributed by atoms with Crippen molar-refractivity contribution in [2.75, 3.05) is 0 Å². The topological polar surface area (TPSA) is 76.5 Å². The Morgan fingerprint density at radius 2 is 1.48 bits per heavy atom. The van der Waals surface area contributed by atoms with Gasteiger partial charge in [-0.15, -0.1) is 29.1 Å². The minimum Gasteiger partial charge on any atom is -0.512 e. The van der Waals surface area contributed by atoms with E-state index in [4.69, 9.17) is 13.8 Å². The van der Waals surface area contributed by atoms with E-state index in [2.05, 4.69) is 83.1 Å². The number of aromatic nitrogens is 1. The Hall–Kier alpha value is -3.73. The van der Waals surface area contributed by atoms with E-state index in [1.165, 1.54) is 17.0 Å². The van der Waals surface area contributed by atoms with E-state index in [1.807, 2.05) is 59.9 Å². The summed E-state index contributed by atoms with van der Waals surface area (Å²) in [6, 6.07) is 22.7. The Balaban J connectivity index is 0.000000289. The molecule has 5 nitrogen and oxygen atoms in total. The minimum absolute atomic E-state index is 0. The van der Waals surface area contributed by atoms with Gasteiger partial charge >= 0.3 is 0 Å². The zero-order valence-electron chi connectivity index (χ0n) is 32.9. The number of pyridine rings is 1. The van der Waals surface area contributed by atoms with Crippen molar-refractivity contribution >= 4 is 49.5 Å². The van der Waals surface area contributed by atoms with E-state index >= 15 is 0 Å². The van der Waals surface area contributed by atoms with Crippen molar-refractivity contribution in [2.45, 2.75) is 114 Å². The van der Waals surface area contributed by atoms with Crippen molar-refractivity contribution in [3.63, 3.8) is 0 Å². The van der Waals surface area contributed by atoms with E-state index < -0.39 is 0 Å². The molecular formula is C46H56IrNO4-. The first-order valence-electron chi connectivity index (χ1n) is 18.7. The summed E-state index contributed by atoms with van der Waals surface area (Å²) in [6.07, 6.45) is 7.55. The molecule has 6 rings (SSSR count). The molecule has 0 aliphatic carbocycles. The van der Waals surface area contributed by atoms with Crippen LogP contribution in [0.2, 0.25) is 0 Å². The van der Waals surface area contributed by atoms with Crippen molar-refractivity contribution in [2.24, 2.45) is 16.7 Å². The van der Waals surface area contributed by atoms with E-state index in [-0.39, 0.29) is 47.9 Å². The van der Waals surface area contributed by atoms with Gasteiger partial charge < -0.3 is 13.9 Å². The molecule has 0 saturated carbocycles. The van der Waals surface area contributed by atoms with Crippen LogP contribution in [0.25, 0.3) is 54.9 Å². The molecule has 0 aliphatic rings. The van der Waals surface area contributed by atoms with Gasteiger partial charge in [0.1, 0.15) is 28.3 Å². The van der Waals surface area contributed by atoms with Gasteiger partial charge in [0.2, 0.25) is 0 Å². The summed E-state index contributed by atoms with van der Waals surface area (Å²) in [6.45, 7) is 23.2. The SMILES string of the molecule is CC(C)Cc1cc2cc3c(cc2o1)oc1c(-c2[c-]c4ccccc4c(C(C)(C)C)c2)nccc13.CCC(C)(CC)C(=O)/C=C(\O)C(C)(CC)CC.[Ir]. The normalized spacial score (nSPS) is 12.8. The van der Waals surface area contributed by atoms with Crippen molar-refractivity contribution in [3.05, 3.63) is 90.0 Å². The summed E-state index contributed by atoms with van der Waals surface area (Å²) in [5.41, 5.74) is 4.92. The molecular weight excluding hydrogens is 823 g/mol. The van der Waals surface area contributed by atoms with Gasteiger partial charge in [-0.3, -0.25) is 9.78 Å². The number of carbonyl (C=O) groups is 1. The van der Waals surface area contributed by atoms with Gasteiger partial charge in [0.25, 0.3) is 0 Å². The first-order valence-corrected chi connectivity index (χ1v) is 18.7. The monoisotopic (exact) mass is 879 g/mol. The molecule has 1 N–H and O–H groups in total. The fraction of sp³-hybridized carbons (Fsp3) is 0.435. The fourth-order valence-electron chi connectivity index (χ4n) is 6.65. The number of benzene rings is 3. The van der Waals surface area contributed by atoms with Crippen molar-refractivity contribution in [3.8, 4) is 11.3 Å². The van der Waals surface area contributed by atoms with Crippen LogP contribution in [0.3, 0.4) is 0 Å². The van der Waals surface area contributed by atoms with Gasteiger partial charge in [0.15, 0.2) is 5.78 Å². The molecule has 3 aromatic heterocycles. The van der Waals surface area contributed by atoms with Gasteiger partial charge in [0.05, 0.1) is 0 Å². The summed E-state index contributed by atoms with van der Waals surface area (Å²) in [7, 11) is 0. The molecule has 0 unspecified atom stereocenters. The van der Waals surface area contributed by atoms with Crippen LogP contribution in [-0.2, 0) is 36.7 Å². The first-order chi connectivity index (χ1) is 24.1. The molecule has 6 aromatic rings. The second-order valence-electron chi connectivity index (χ2n) is 16.2. The van der Waals surface area contributed by atoms with E-state index in [0.717, 1.165) is 87.4 Å². The Labute approximate surface area is 323 Å². The maximum atomic E-state index is 12.2. The summed E-state index contributed by atoms with van der Waals surface area (Å²) in [5.74, 6) is 1.85. The van der Waals surface area contributed by atoms with Crippen molar-refractivity contribution in [1.82, 2.24) is 4.98 Å². The first kappa shape index (κ1) is 41.0. The minimum atomic E-state index is -0.337. The van der Waals surface area contributed by atoms with E-state index in [1.54, 1.807) is 0 Å². The maximum Gasteiger partial charge on any atom is 0.164 e. The van der Waals surface area contributed by atoms with Crippen LogP contribution >= 0.6 is 0 Å². The Kier molecular flexibility index (Phi) is 12.7. The molecule has 279 valence electrons. The number of ketones is 1. The average Bonchev–Trinajstić information content (AvgIpc) is 3.67. The number of aliphatic hydroxyl groups excluding tert-OH is 1. The van der Waals surface area contributed by atoms with E-state index in [0.29, 0.717) is 5.92 Å². The number of carbonyl (C=O) groups excluding carboxylic acids is 1. The van der Waals surface area contributed by atoms with Gasteiger partial charge in [-0.2, -0.15) is 0 Å². The second kappa shape index (κ2) is 16.1. The number of fused-ring (bicyclic) bond motifs is 5. The summed E-state index contributed by atoms with van der Waals surface area (Å²) >= 11 is 0. The summed E-state index contributed by atoms with van der Waals surface area (Å²) < 4.78 is 12.5. The molecule has 0 spiro atoms. The quantitative estimate of drug-likeness (QED) is 0.0843. The summed E-state index contributed by atoms with van der Waals surface area (Å²) in [4.78, 5) is 16.9. The molecule has 0 bridgehead atoms. The molecule has 1 radical (unpaired) electrons. The number of rotatable bonds is 10. The zero-order valence-corrected chi connectivity index (χ0v) is 35.3. The fourth-order valence-corrected chi connectivity index (χ4v) is 6.65. The molecule has 6 heteroatoms. The van der Waals surface area contributed by atoms with Crippen LogP contribution < -0.4 is 0 Å². The van der Waals surface area contributed by atoms with Crippen molar-refractivity contribution < 1.29 is 38.8 Å². The third kappa shape index (κ3) is 8.24. The Morgan fingerprint density at radius 1 is 0.827 bits per heavy atom. The molecule has 52 heavy (non-hydrogen) atoms. The van der Waals surface area contributed by atoms with Gasteiger partial charge in [-0.25, -0.2) is 0 Å². The average molecular weight is 879 g/mol. The number of hydrogen-bond donors (Lipinski definition) is 1. The number of hydrogen-bond acceptors (Lipinski definition) is 5. The predicted molar refractivity (Wildman–Crippen MR) is 213 cm³/mol. The Morgan fingerprint density at radius 3 is 2.10 bits per heavy atom. The molecule has 0 amide bonds. The van der Waals surface area contributed by atoms with Gasteiger partial charge in [0, 0.05) is 77.5 Å². The number of furan rings is 2. The molecule has 0 fully saturated rings. The third-order valence-corrected chi connectivity index (χ3v) is 11.1. The van der Waals surface area contributed by atoms with Crippen LogP contribution in [0.15, 0.2) is 81.5 Å². The maximum absolute atomic E-state index is 12.2. The molecule has 0 atom stereocenters. The van der Waals surface area contributed by atoms with Gasteiger partial charge in [-0.1, -0.05) is 105 Å². The largest absolute Gasteiger partial charge is 0.512 e. The summed E-state index contributed by atoms with van der Waals surface area (Å²) in [5, 5.41) is 15.7. The van der Waals surface area contributed by atoms with Crippen LogP contribution in [0.5, 0.6) is 0 Å². The number of aliphatic hydroxyl groups is 1. The molecule has 0 aliphatic heterocycles. The van der Waals surface area contributed by atoms with E-state index in [9.17, 15) is 9.90 Å². The van der Waals surface area contributed by atoms with Crippen LogP contribution in [0.1, 0.15) is 113 Å². The molecule has 0 saturated heterocycles. The predicted octanol–water partition coefficient (Wildman–Crippen LogP) is 13.5. The zero-order chi connectivity index (χ0) is 37.3. The number of nitrogens with zero attached hydrogens (tertiary/aromatic N) is 1. The standard InChI is InChI=1S/C31H28NO2.C15H28O2.Ir/c1-18(2)12-22-14-20-15-25-24-10-11-32-29(30(24)34-28(25)17-27(20)33-22)21-13-19-8-6-7-9-23(19)26(16-21)31(3,4)5;1-7-14(5,8-2)12(16)11-13(17)15(6,9-3)10-4;/h6-11,14-18H,12H2,1-5H3;11,16H,7-10H2,1-6H3;/q-1;;/b;12-11-;. The van der Waals surface area contributed by atoms with Crippen LogP contribution in [0.4, 0.5) is 0 Å².